The molecule has 0 N–H and O–H groups in total. The molecule has 0 aliphatic carbocycles. The first-order valence-corrected chi connectivity index (χ1v) is 6.69. The zero-order valence-corrected chi connectivity index (χ0v) is 11.8. The van der Waals surface area contributed by atoms with E-state index in [1.165, 1.54) is 18.3 Å². The van der Waals surface area contributed by atoms with E-state index < -0.39 is 24.2 Å². The Morgan fingerprint density at radius 2 is 1.96 bits per heavy atom. The predicted octanol–water partition coefficient (Wildman–Crippen LogP) is 2.90. The van der Waals surface area contributed by atoms with Crippen LogP contribution in [-0.2, 0) is 11.3 Å². The van der Waals surface area contributed by atoms with E-state index in [4.69, 9.17) is 4.74 Å². The number of carbonyl (C=O) groups is 1. The van der Waals surface area contributed by atoms with Crippen LogP contribution in [0.3, 0.4) is 0 Å². The Bertz CT molecular complexity index is 798. The number of imidazole rings is 1. The maximum atomic E-state index is 13.5. The summed E-state index contributed by atoms with van der Waals surface area (Å²) in [7, 11) is 0. The minimum Gasteiger partial charge on any atom is -0.457 e. The van der Waals surface area contributed by atoms with E-state index >= 15 is 0 Å². The van der Waals surface area contributed by atoms with Crippen molar-refractivity contribution < 1.29 is 18.3 Å². The first kappa shape index (κ1) is 14.8. The monoisotopic (exact) mass is 315 g/mol. The van der Waals surface area contributed by atoms with Crippen molar-refractivity contribution in [1.82, 2.24) is 14.5 Å². The SMILES string of the molecule is O=C(OCc1c(F)cccc1F)c1ccc(-n2ccnc2)nc1. The van der Waals surface area contributed by atoms with Gasteiger partial charge in [0.05, 0.1) is 11.1 Å². The number of esters is 1. The summed E-state index contributed by atoms with van der Waals surface area (Å²) in [5, 5.41) is 0. The lowest BCUT2D eigenvalue weighted by Crippen LogP contribution is -2.08. The smallest absolute Gasteiger partial charge is 0.340 e. The lowest BCUT2D eigenvalue weighted by Gasteiger charge is -2.07. The second-order valence-electron chi connectivity index (χ2n) is 4.65. The largest absolute Gasteiger partial charge is 0.457 e. The highest BCUT2D eigenvalue weighted by Gasteiger charge is 2.13. The number of nitrogens with zero attached hydrogens (tertiary/aromatic N) is 3. The summed E-state index contributed by atoms with van der Waals surface area (Å²) in [5.41, 5.74) is -0.102. The van der Waals surface area contributed by atoms with Crippen molar-refractivity contribution in [2.24, 2.45) is 0 Å². The molecule has 0 aliphatic rings. The number of hydrogen-bond donors (Lipinski definition) is 0. The number of aromatic nitrogens is 3. The molecule has 116 valence electrons. The van der Waals surface area contributed by atoms with Gasteiger partial charge in [-0.05, 0) is 24.3 Å². The van der Waals surface area contributed by atoms with Gasteiger partial charge in [-0.2, -0.15) is 0 Å². The molecule has 23 heavy (non-hydrogen) atoms. The summed E-state index contributed by atoms with van der Waals surface area (Å²) in [5.74, 6) is -1.64. The lowest BCUT2D eigenvalue weighted by atomic mass is 10.2. The molecular weight excluding hydrogens is 304 g/mol. The molecule has 0 amide bonds. The van der Waals surface area contributed by atoms with Crippen LogP contribution in [0, 0.1) is 11.6 Å². The summed E-state index contributed by atoms with van der Waals surface area (Å²) in [6.07, 6.45) is 6.21. The molecule has 0 unspecified atom stereocenters. The second-order valence-corrected chi connectivity index (χ2v) is 4.65. The Kier molecular flexibility index (Phi) is 4.09. The van der Waals surface area contributed by atoms with Crippen molar-refractivity contribution in [3.8, 4) is 5.82 Å². The number of benzene rings is 1. The van der Waals surface area contributed by atoms with Gasteiger partial charge in [-0.25, -0.2) is 23.5 Å². The van der Waals surface area contributed by atoms with Gasteiger partial charge in [-0.1, -0.05) is 6.07 Å². The molecule has 3 rings (SSSR count). The average molecular weight is 315 g/mol. The highest BCUT2D eigenvalue weighted by molar-refractivity contribution is 5.89. The predicted molar refractivity (Wildman–Crippen MR) is 76.8 cm³/mol. The van der Waals surface area contributed by atoms with Crippen LogP contribution in [0.15, 0.2) is 55.2 Å². The molecule has 0 bridgehead atoms. The summed E-state index contributed by atoms with van der Waals surface area (Å²) in [4.78, 5) is 19.9. The number of rotatable bonds is 4. The number of pyridine rings is 1. The number of carbonyl (C=O) groups excluding carboxylic acids is 1. The fourth-order valence-corrected chi connectivity index (χ4v) is 1.95. The quantitative estimate of drug-likeness (QED) is 0.695. The summed E-state index contributed by atoms with van der Waals surface area (Å²) < 4.78 is 33.5. The van der Waals surface area contributed by atoms with E-state index in [-0.39, 0.29) is 11.1 Å². The van der Waals surface area contributed by atoms with Crippen LogP contribution in [0.1, 0.15) is 15.9 Å². The molecule has 0 saturated heterocycles. The minimum atomic E-state index is -0.758. The Labute approximate surface area is 130 Å². The van der Waals surface area contributed by atoms with E-state index in [1.54, 1.807) is 29.4 Å². The van der Waals surface area contributed by atoms with E-state index in [0.29, 0.717) is 5.82 Å². The van der Waals surface area contributed by atoms with Crippen LogP contribution in [0.2, 0.25) is 0 Å². The van der Waals surface area contributed by atoms with E-state index in [0.717, 1.165) is 12.1 Å². The van der Waals surface area contributed by atoms with Gasteiger partial charge in [-0.15, -0.1) is 0 Å². The minimum absolute atomic E-state index is 0.186. The summed E-state index contributed by atoms with van der Waals surface area (Å²) in [6, 6.07) is 6.58. The van der Waals surface area contributed by atoms with Crippen molar-refractivity contribution in [1.29, 1.82) is 0 Å². The average Bonchev–Trinajstić information content (AvgIpc) is 3.09. The highest BCUT2D eigenvalue weighted by Crippen LogP contribution is 2.14. The molecule has 0 atom stereocenters. The Hall–Kier alpha value is -3.09. The standard InChI is InChI=1S/C16H11F2N3O2/c17-13-2-1-3-14(18)12(13)9-23-16(22)11-4-5-15(20-8-11)21-7-6-19-10-21/h1-8,10H,9H2. The van der Waals surface area contributed by atoms with Crippen molar-refractivity contribution >= 4 is 5.97 Å². The van der Waals surface area contributed by atoms with Crippen molar-refractivity contribution in [2.75, 3.05) is 0 Å². The topological polar surface area (TPSA) is 57.0 Å². The number of ether oxygens (including phenoxy) is 1. The maximum Gasteiger partial charge on any atom is 0.340 e. The van der Waals surface area contributed by atoms with Gasteiger partial charge in [0.2, 0.25) is 0 Å². The van der Waals surface area contributed by atoms with E-state index in [9.17, 15) is 13.6 Å². The van der Waals surface area contributed by atoms with Gasteiger partial charge in [-0.3, -0.25) is 4.57 Å². The maximum absolute atomic E-state index is 13.5. The first-order chi connectivity index (χ1) is 11.1. The van der Waals surface area contributed by atoms with Gasteiger partial charge in [0.15, 0.2) is 0 Å². The van der Waals surface area contributed by atoms with Crippen LogP contribution in [0.5, 0.6) is 0 Å². The zero-order chi connectivity index (χ0) is 16.2. The lowest BCUT2D eigenvalue weighted by molar-refractivity contribution is 0.0464. The molecule has 0 aliphatic heterocycles. The molecule has 0 radical (unpaired) electrons. The van der Waals surface area contributed by atoms with Crippen molar-refractivity contribution in [2.45, 2.75) is 6.61 Å². The fraction of sp³-hybridized carbons (Fsp3) is 0.0625. The molecule has 5 nitrogen and oxygen atoms in total. The van der Waals surface area contributed by atoms with Crippen LogP contribution in [-0.4, -0.2) is 20.5 Å². The Morgan fingerprint density at radius 1 is 1.17 bits per heavy atom. The highest BCUT2D eigenvalue weighted by atomic mass is 19.1. The fourth-order valence-electron chi connectivity index (χ4n) is 1.95. The normalized spacial score (nSPS) is 10.5. The second kappa shape index (κ2) is 6.35. The van der Waals surface area contributed by atoms with Crippen LogP contribution in [0.25, 0.3) is 5.82 Å². The third-order valence-corrected chi connectivity index (χ3v) is 3.16. The number of halogens is 2. The van der Waals surface area contributed by atoms with Gasteiger partial charge in [0, 0.05) is 18.6 Å². The molecule has 2 heterocycles. The van der Waals surface area contributed by atoms with Gasteiger partial charge < -0.3 is 4.74 Å². The molecule has 0 saturated carbocycles. The zero-order valence-electron chi connectivity index (χ0n) is 11.8. The van der Waals surface area contributed by atoms with Crippen molar-refractivity contribution in [3.63, 3.8) is 0 Å². The first-order valence-electron chi connectivity index (χ1n) is 6.69. The molecule has 3 aromatic rings. The van der Waals surface area contributed by atoms with Crippen LogP contribution in [0.4, 0.5) is 8.78 Å². The van der Waals surface area contributed by atoms with Crippen molar-refractivity contribution in [3.05, 3.63) is 78.0 Å². The Balaban J connectivity index is 1.69. The van der Waals surface area contributed by atoms with E-state index in [1.807, 2.05) is 0 Å². The third kappa shape index (κ3) is 3.23. The third-order valence-electron chi connectivity index (χ3n) is 3.16. The molecule has 0 spiro atoms. The van der Waals surface area contributed by atoms with Crippen LogP contribution < -0.4 is 0 Å². The van der Waals surface area contributed by atoms with Crippen LogP contribution >= 0.6 is 0 Å². The Morgan fingerprint density at radius 3 is 2.57 bits per heavy atom. The molecule has 7 heteroatoms. The van der Waals surface area contributed by atoms with E-state index in [2.05, 4.69) is 9.97 Å². The molecule has 0 fully saturated rings. The number of hydrogen-bond acceptors (Lipinski definition) is 4. The molecule has 1 aromatic carbocycles. The molecule has 2 aromatic heterocycles. The summed E-state index contributed by atoms with van der Waals surface area (Å²) >= 11 is 0. The van der Waals surface area contributed by atoms with Gasteiger partial charge >= 0.3 is 5.97 Å². The van der Waals surface area contributed by atoms with Gasteiger partial charge in [0.25, 0.3) is 0 Å². The van der Waals surface area contributed by atoms with Gasteiger partial charge in [0.1, 0.15) is 30.4 Å². The molecular formula is C16H11F2N3O2. The summed E-state index contributed by atoms with van der Waals surface area (Å²) in [6.45, 7) is -0.486.